The van der Waals surface area contributed by atoms with Crippen molar-refractivity contribution in [3.8, 4) is 11.5 Å². The third kappa shape index (κ3) is 14.5. The molecular weight excluding hydrogens is 480 g/mol. The van der Waals surface area contributed by atoms with Gasteiger partial charge in [-0.3, -0.25) is 9.59 Å². The predicted octanol–water partition coefficient (Wildman–Crippen LogP) is 0.825. The van der Waals surface area contributed by atoms with E-state index in [2.05, 4.69) is 9.68 Å². The van der Waals surface area contributed by atoms with Crippen molar-refractivity contribution >= 4 is 24.0 Å². The summed E-state index contributed by atoms with van der Waals surface area (Å²) < 4.78 is 20.3. The molecule has 1 N–H and O–H groups in total. The van der Waals surface area contributed by atoms with E-state index in [4.69, 9.17) is 24.1 Å². The molecular formula is C19H22N2O14. The zero-order chi connectivity index (χ0) is 26.1. The SMILES string of the molecule is O=C(O)C=Cc1cc(OC(=O)CCOCCO[N+](=O)[O-])ccc1OC(=O)CCOCCO[N+](=O)[O-]. The summed E-state index contributed by atoms with van der Waals surface area (Å²) in [5, 5.41) is 26.9. The van der Waals surface area contributed by atoms with E-state index in [0.29, 0.717) is 0 Å². The van der Waals surface area contributed by atoms with Crippen LogP contribution in [0.1, 0.15) is 18.4 Å². The Hall–Kier alpha value is -4.31. The van der Waals surface area contributed by atoms with Crippen LogP contribution in [0.5, 0.6) is 11.5 Å². The van der Waals surface area contributed by atoms with Crippen molar-refractivity contribution in [1.29, 1.82) is 0 Å². The quantitative estimate of drug-likeness (QED) is 0.0735. The van der Waals surface area contributed by atoms with Gasteiger partial charge in [0.15, 0.2) is 0 Å². The van der Waals surface area contributed by atoms with Gasteiger partial charge in [0.05, 0.1) is 39.3 Å². The number of benzene rings is 1. The minimum Gasteiger partial charge on any atom is -0.478 e. The maximum absolute atomic E-state index is 12.0. The summed E-state index contributed by atoms with van der Waals surface area (Å²) in [6.45, 7) is -0.981. The fraction of sp³-hybridized carbons (Fsp3) is 0.421. The average molecular weight is 502 g/mol. The van der Waals surface area contributed by atoms with E-state index in [1.807, 2.05) is 0 Å². The van der Waals surface area contributed by atoms with Gasteiger partial charge in [-0.1, -0.05) is 0 Å². The smallest absolute Gasteiger partial charge is 0.328 e. The predicted molar refractivity (Wildman–Crippen MR) is 111 cm³/mol. The first-order chi connectivity index (χ1) is 16.7. The van der Waals surface area contributed by atoms with E-state index in [9.17, 15) is 34.6 Å². The Morgan fingerprint density at radius 2 is 1.37 bits per heavy atom. The summed E-state index contributed by atoms with van der Waals surface area (Å²) in [7, 11) is 0. The highest BCUT2D eigenvalue weighted by Gasteiger charge is 2.12. The minimum absolute atomic E-state index is 0.0156. The molecule has 0 saturated heterocycles. The molecule has 0 saturated carbocycles. The maximum Gasteiger partial charge on any atom is 0.328 e. The van der Waals surface area contributed by atoms with Gasteiger partial charge in [0, 0.05) is 11.6 Å². The monoisotopic (exact) mass is 502 g/mol. The number of esters is 2. The van der Waals surface area contributed by atoms with Crippen molar-refractivity contribution in [2.45, 2.75) is 12.8 Å². The number of carboxylic acid groups (broad SMARTS) is 1. The van der Waals surface area contributed by atoms with E-state index < -0.39 is 28.1 Å². The molecule has 1 aromatic carbocycles. The number of nitrogens with zero attached hydrogens (tertiary/aromatic N) is 2. The van der Waals surface area contributed by atoms with Crippen LogP contribution in [0.3, 0.4) is 0 Å². The Balaban J connectivity index is 2.60. The van der Waals surface area contributed by atoms with Crippen molar-refractivity contribution in [2.75, 3.05) is 39.6 Å². The molecule has 0 heterocycles. The van der Waals surface area contributed by atoms with E-state index >= 15 is 0 Å². The average Bonchev–Trinajstić information content (AvgIpc) is 2.78. The molecule has 0 aromatic heterocycles. The number of carboxylic acids is 1. The summed E-state index contributed by atoms with van der Waals surface area (Å²) in [6, 6.07) is 3.88. The van der Waals surface area contributed by atoms with Crippen molar-refractivity contribution in [1.82, 2.24) is 0 Å². The van der Waals surface area contributed by atoms with Gasteiger partial charge in [0.25, 0.3) is 10.2 Å². The topological polar surface area (TPSA) is 213 Å². The number of hydrogen-bond donors (Lipinski definition) is 1. The Bertz CT molecular complexity index is 917. The van der Waals surface area contributed by atoms with Gasteiger partial charge < -0.3 is 33.7 Å². The Morgan fingerprint density at radius 1 is 0.829 bits per heavy atom. The highest BCUT2D eigenvalue weighted by Crippen LogP contribution is 2.26. The maximum atomic E-state index is 12.0. The highest BCUT2D eigenvalue weighted by molar-refractivity contribution is 5.86. The molecule has 0 spiro atoms. The minimum atomic E-state index is -1.27. The zero-order valence-electron chi connectivity index (χ0n) is 18.2. The van der Waals surface area contributed by atoms with Crippen LogP contribution in [0.15, 0.2) is 24.3 Å². The lowest BCUT2D eigenvalue weighted by Gasteiger charge is -2.11. The lowest BCUT2D eigenvalue weighted by atomic mass is 10.1. The Labute approximate surface area is 197 Å². The van der Waals surface area contributed by atoms with Crippen LogP contribution in [0, 0.1) is 20.2 Å². The van der Waals surface area contributed by atoms with Gasteiger partial charge in [-0.2, -0.15) is 0 Å². The normalized spacial score (nSPS) is 10.5. The van der Waals surface area contributed by atoms with Gasteiger partial charge in [-0.05, 0) is 24.3 Å². The molecule has 0 atom stereocenters. The van der Waals surface area contributed by atoms with Gasteiger partial charge in [0.2, 0.25) is 0 Å². The van der Waals surface area contributed by atoms with Gasteiger partial charge in [-0.25, -0.2) is 4.79 Å². The number of ether oxygens (including phenoxy) is 4. The van der Waals surface area contributed by atoms with Crippen LogP contribution in [0.25, 0.3) is 6.08 Å². The standard InChI is InChI=1S/C19H22N2O14/c22-17(23)4-1-14-13-15(34-18(24)5-7-30-9-11-32-20(26)27)2-3-16(14)35-19(25)6-8-31-10-12-33-21(28)29/h1-4,13H,5-12H2,(H,22,23). The van der Waals surface area contributed by atoms with Crippen LogP contribution in [-0.4, -0.2) is 72.8 Å². The zero-order valence-corrected chi connectivity index (χ0v) is 18.2. The van der Waals surface area contributed by atoms with Gasteiger partial charge in [-0.15, -0.1) is 20.2 Å². The molecule has 0 aliphatic heterocycles. The second-order valence-corrected chi connectivity index (χ2v) is 6.16. The van der Waals surface area contributed by atoms with Gasteiger partial charge >= 0.3 is 17.9 Å². The Morgan fingerprint density at radius 3 is 1.89 bits per heavy atom. The second-order valence-electron chi connectivity index (χ2n) is 6.16. The highest BCUT2D eigenvalue weighted by atomic mass is 17.0. The van der Waals surface area contributed by atoms with E-state index in [0.717, 1.165) is 12.2 Å². The number of carbonyl (C=O) groups is 3. The lowest BCUT2D eigenvalue weighted by Crippen LogP contribution is -2.15. The molecule has 0 amide bonds. The fourth-order valence-electron chi connectivity index (χ4n) is 2.19. The van der Waals surface area contributed by atoms with Gasteiger partial charge in [0.1, 0.15) is 24.7 Å². The largest absolute Gasteiger partial charge is 0.478 e. The number of carbonyl (C=O) groups excluding carboxylic acids is 2. The third-order valence-corrected chi connectivity index (χ3v) is 3.59. The van der Waals surface area contributed by atoms with Crippen molar-refractivity contribution in [3.63, 3.8) is 0 Å². The molecule has 1 aromatic rings. The molecule has 0 aliphatic rings. The van der Waals surface area contributed by atoms with Crippen LogP contribution in [0.2, 0.25) is 0 Å². The summed E-state index contributed by atoms with van der Waals surface area (Å²) in [5.41, 5.74) is 0.125. The van der Waals surface area contributed by atoms with Crippen LogP contribution in [-0.2, 0) is 33.5 Å². The fourth-order valence-corrected chi connectivity index (χ4v) is 2.19. The number of hydrogen-bond acceptors (Lipinski definition) is 13. The molecule has 0 fully saturated rings. The molecule has 16 nitrogen and oxygen atoms in total. The number of aliphatic carboxylic acids is 1. The summed E-state index contributed by atoms with van der Waals surface area (Å²) >= 11 is 0. The number of rotatable bonds is 18. The van der Waals surface area contributed by atoms with E-state index in [1.165, 1.54) is 18.2 Å². The molecule has 0 aliphatic carbocycles. The van der Waals surface area contributed by atoms with Crippen LogP contribution >= 0.6 is 0 Å². The molecule has 35 heavy (non-hydrogen) atoms. The van der Waals surface area contributed by atoms with Crippen LogP contribution < -0.4 is 9.47 Å². The third-order valence-electron chi connectivity index (χ3n) is 3.59. The molecule has 0 unspecified atom stereocenters. The molecule has 0 radical (unpaired) electrons. The lowest BCUT2D eigenvalue weighted by molar-refractivity contribution is -0.758. The first-order valence-electron chi connectivity index (χ1n) is 9.84. The summed E-state index contributed by atoms with van der Waals surface area (Å²) in [4.78, 5) is 62.9. The Kier molecular flexibility index (Phi) is 13.4. The first kappa shape index (κ1) is 28.7. The van der Waals surface area contributed by atoms with Crippen molar-refractivity contribution in [3.05, 3.63) is 50.1 Å². The summed E-state index contributed by atoms with van der Waals surface area (Å²) in [6.07, 6.45) is 1.54. The second kappa shape index (κ2) is 16.3. The van der Waals surface area contributed by atoms with Crippen LogP contribution in [0.4, 0.5) is 0 Å². The molecule has 192 valence electrons. The van der Waals surface area contributed by atoms with Crippen molar-refractivity contribution in [2.24, 2.45) is 0 Å². The first-order valence-corrected chi connectivity index (χ1v) is 9.84. The van der Waals surface area contributed by atoms with E-state index in [1.54, 1.807) is 0 Å². The molecule has 0 bridgehead atoms. The summed E-state index contributed by atoms with van der Waals surface area (Å²) in [5.74, 6) is -2.68. The molecule has 1 rings (SSSR count). The molecule has 16 heteroatoms. The van der Waals surface area contributed by atoms with E-state index in [-0.39, 0.29) is 69.5 Å². The van der Waals surface area contributed by atoms with Crippen molar-refractivity contribution < 1.29 is 58.3 Å².